The SMILES string of the molecule is Cc1cc2c(C(=O)O)nn(-c3cccc(I)c3)c2cn1. The molecular formula is C14H10IN3O2. The van der Waals surface area contributed by atoms with Gasteiger partial charge in [0.2, 0.25) is 0 Å². The first kappa shape index (κ1) is 13.0. The van der Waals surface area contributed by atoms with E-state index < -0.39 is 5.97 Å². The smallest absolute Gasteiger partial charge is 0.357 e. The van der Waals surface area contributed by atoms with Crippen molar-refractivity contribution in [3.8, 4) is 5.69 Å². The van der Waals surface area contributed by atoms with Crippen LogP contribution in [0.3, 0.4) is 0 Å². The Bertz CT molecular complexity index is 826. The maximum atomic E-state index is 11.3. The minimum absolute atomic E-state index is 0.0457. The van der Waals surface area contributed by atoms with Crippen molar-refractivity contribution in [2.45, 2.75) is 6.92 Å². The van der Waals surface area contributed by atoms with E-state index in [0.29, 0.717) is 10.9 Å². The summed E-state index contributed by atoms with van der Waals surface area (Å²) in [5, 5.41) is 14.1. The van der Waals surface area contributed by atoms with E-state index in [1.807, 2.05) is 31.2 Å². The molecule has 3 aromatic rings. The summed E-state index contributed by atoms with van der Waals surface area (Å²) in [5.74, 6) is -1.04. The average Bonchev–Trinajstić information content (AvgIpc) is 2.77. The number of hydrogen-bond donors (Lipinski definition) is 1. The Balaban J connectivity index is 2.34. The zero-order valence-electron chi connectivity index (χ0n) is 10.5. The largest absolute Gasteiger partial charge is 0.476 e. The van der Waals surface area contributed by atoms with Crippen molar-refractivity contribution in [3.05, 3.63) is 51.5 Å². The molecule has 0 aliphatic carbocycles. The summed E-state index contributed by atoms with van der Waals surface area (Å²) in [5.41, 5.74) is 2.32. The molecule has 100 valence electrons. The van der Waals surface area contributed by atoms with E-state index in [9.17, 15) is 9.90 Å². The first-order chi connectivity index (χ1) is 9.56. The molecule has 0 unspecified atom stereocenters. The lowest BCUT2D eigenvalue weighted by molar-refractivity contribution is 0.0692. The van der Waals surface area contributed by atoms with Crippen molar-refractivity contribution in [1.29, 1.82) is 0 Å². The van der Waals surface area contributed by atoms with Gasteiger partial charge in [0, 0.05) is 14.7 Å². The number of benzene rings is 1. The standard InChI is InChI=1S/C14H10IN3O2/c1-8-5-11-12(7-16-8)18(17-13(11)14(19)20)10-4-2-3-9(15)6-10/h2-7H,1H3,(H,19,20). The van der Waals surface area contributed by atoms with E-state index in [4.69, 9.17) is 0 Å². The number of carboxylic acids is 1. The molecular weight excluding hydrogens is 369 g/mol. The Morgan fingerprint density at radius 2 is 2.15 bits per heavy atom. The first-order valence-corrected chi connectivity index (χ1v) is 6.99. The molecule has 3 rings (SSSR count). The van der Waals surface area contributed by atoms with Crippen LogP contribution in [0.5, 0.6) is 0 Å². The van der Waals surface area contributed by atoms with E-state index in [1.54, 1.807) is 16.9 Å². The Kier molecular flexibility index (Phi) is 3.17. The summed E-state index contributed by atoms with van der Waals surface area (Å²) < 4.78 is 2.67. The number of aromatic carboxylic acids is 1. The number of pyridine rings is 1. The summed E-state index contributed by atoms with van der Waals surface area (Å²) in [7, 11) is 0. The van der Waals surface area contributed by atoms with Crippen LogP contribution < -0.4 is 0 Å². The minimum atomic E-state index is -1.04. The highest BCUT2D eigenvalue weighted by Gasteiger charge is 2.17. The van der Waals surface area contributed by atoms with Gasteiger partial charge in [0.05, 0.1) is 17.4 Å². The van der Waals surface area contributed by atoms with Gasteiger partial charge < -0.3 is 5.11 Å². The molecule has 2 heterocycles. The molecule has 0 aliphatic heterocycles. The number of nitrogens with zero attached hydrogens (tertiary/aromatic N) is 3. The van der Waals surface area contributed by atoms with E-state index in [2.05, 4.69) is 32.7 Å². The highest BCUT2D eigenvalue weighted by molar-refractivity contribution is 14.1. The third-order valence-electron chi connectivity index (χ3n) is 2.96. The van der Waals surface area contributed by atoms with Crippen LogP contribution in [-0.2, 0) is 0 Å². The molecule has 0 spiro atoms. The van der Waals surface area contributed by atoms with Crippen molar-refractivity contribution in [1.82, 2.24) is 14.8 Å². The molecule has 0 saturated carbocycles. The number of aromatic nitrogens is 3. The molecule has 0 aliphatic rings. The Morgan fingerprint density at radius 3 is 2.85 bits per heavy atom. The van der Waals surface area contributed by atoms with E-state index >= 15 is 0 Å². The number of fused-ring (bicyclic) bond motifs is 1. The molecule has 0 atom stereocenters. The van der Waals surface area contributed by atoms with E-state index in [1.165, 1.54) is 0 Å². The lowest BCUT2D eigenvalue weighted by atomic mass is 10.2. The van der Waals surface area contributed by atoms with Crippen LogP contribution in [0.15, 0.2) is 36.5 Å². The maximum absolute atomic E-state index is 11.3. The fraction of sp³-hybridized carbons (Fsp3) is 0.0714. The van der Waals surface area contributed by atoms with Crippen molar-refractivity contribution in [2.24, 2.45) is 0 Å². The zero-order chi connectivity index (χ0) is 14.3. The summed E-state index contributed by atoms with van der Waals surface area (Å²) in [6.07, 6.45) is 1.66. The summed E-state index contributed by atoms with van der Waals surface area (Å²) in [4.78, 5) is 15.6. The normalized spacial score (nSPS) is 10.9. The van der Waals surface area contributed by atoms with Gasteiger partial charge in [-0.1, -0.05) is 6.07 Å². The molecule has 0 saturated heterocycles. The molecule has 5 nitrogen and oxygen atoms in total. The van der Waals surface area contributed by atoms with E-state index in [-0.39, 0.29) is 5.69 Å². The van der Waals surface area contributed by atoms with Gasteiger partial charge in [-0.3, -0.25) is 4.98 Å². The highest BCUT2D eigenvalue weighted by Crippen LogP contribution is 2.23. The van der Waals surface area contributed by atoms with Crippen molar-refractivity contribution >= 4 is 39.5 Å². The van der Waals surface area contributed by atoms with Crippen LogP contribution in [0.4, 0.5) is 0 Å². The van der Waals surface area contributed by atoms with Crippen LogP contribution in [0.25, 0.3) is 16.6 Å². The van der Waals surface area contributed by atoms with Crippen molar-refractivity contribution in [2.75, 3.05) is 0 Å². The van der Waals surface area contributed by atoms with Gasteiger partial charge in [-0.2, -0.15) is 5.10 Å². The molecule has 0 radical (unpaired) electrons. The van der Waals surface area contributed by atoms with E-state index in [0.717, 1.165) is 15.0 Å². The van der Waals surface area contributed by atoms with Crippen LogP contribution in [0, 0.1) is 10.5 Å². The van der Waals surface area contributed by atoms with Gasteiger partial charge in [0.25, 0.3) is 0 Å². The fourth-order valence-corrected chi connectivity index (χ4v) is 2.61. The number of carbonyl (C=O) groups is 1. The van der Waals surface area contributed by atoms with Gasteiger partial charge in [-0.25, -0.2) is 9.48 Å². The Labute approximate surface area is 128 Å². The predicted molar refractivity (Wildman–Crippen MR) is 83.3 cm³/mol. The maximum Gasteiger partial charge on any atom is 0.357 e. The van der Waals surface area contributed by atoms with Gasteiger partial charge in [0.1, 0.15) is 0 Å². The highest BCUT2D eigenvalue weighted by atomic mass is 127. The number of halogens is 1. The second-order valence-electron chi connectivity index (χ2n) is 4.39. The topological polar surface area (TPSA) is 68.0 Å². The lowest BCUT2D eigenvalue weighted by Crippen LogP contribution is -2.01. The van der Waals surface area contributed by atoms with Crippen molar-refractivity contribution < 1.29 is 9.90 Å². The molecule has 0 fully saturated rings. The molecule has 20 heavy (non-hydrogen) atoms. The van der Waals surface area contributed by atoms with Crippen molar-refractivity contribution in [3.63, 3.8) is 0 Å². The number of rotatable bonds is 2. The molecule has 6 heteroatoms. The number of hydrogen-bond acceptors (Lipinski definition) is 3. The molecule has 1 aromatic carbocycles. The second-order valence-corrected chi connectivity index (χ2v) is 5.63. The number of carboxylic acid groups (broad SMARTS) is 1. The Morgan fingerprint density at radius 1 is 1.35 bits per heavy atom. The minimum Gasteiger partial charge on any atom is -0.476 e. The monoisotopic (exact) mass is 379 g/mol. The molecule has 0 amide bonds. The van der Waals surface area contributed by atoms with Crippen LogP contribution in [-0.4, -0.2) is 25.8 Å². The average molecular weight is 379 g/mol. The third kappa shape index (κ3) is 2.15. The van der Waals surface area contributed by atoms with Gasteiger partial charge >= 0.3 is 5.97 Å². The summed E-state index contributed by atoms with van der Waals surface area (Å²) >= 11 is 2.21. The first-order valence-electron chi connectivity index (χ1n) is 5.91. The predicted octanol–water partition coefficient (Wildman–Crippen LogP) is 3.03. The third-order valence-corrected chi connectivity index (χ3v) is 3.63. The Hall–Kier alpha value is -1.96. The van der Waals surface area contributed by atoms with Gasteiger partial charge in [-0.15, -0.1) is 0 Å². The van der Waals surface area contributed by atoms with Crippen LogP contribution >= 0.6 is 22.6 Å². The van der Waals surface area contributed by atoms with Crippen LogP contribution in [0.2, 0.25) is 0 Å². The summed E-state index contributed by atoms with van der Waals surface area (Å²) in [6.45, 7) is 1.83. The van der Waals surface area contributed by atoms with Crippen LogP contribution in [0.1, 0.15) is 16.2 Å². The van der Waals surface area contributed by atoms with Gasteiger partial charge in [0.15, 0.2) is 5.69 Å². The molecule has 0 bridgehead atoms. The molecule has 1 N–H and O–H groups in total. The van der Waals surface area contributed by atoms with Gasteiger partial charge in [-0.05, 0) is 53.8 Å². The molecule has 2 aromatic heterocycles. The zero-order valence-corrected chi connectivity index (χ0v) is 12.7. The lowest BCUT2D eigenvalue weighted by Gasteiger charge is -2.03. The number of aryl methyl sites for hydroxylation is 1. The summed E-state index contributed by atoms with van der Waals surface area (Å²) in [6, 6.07) is 9.46. The fourth-order valence-electron chi connectivity index (χ4n) is 2.08. The second kappa shape index (κ2) is 4.86. The quantitative estimate of drug-likeness (QED) is 0.696.